The minimum Gasteiger partial charge on any atom is -0.409 e. The SMILES string of the molecule is CC[C@H]1O[C@@H](n2ccc(NC)nc2=O)C(O[Si](C)(C)C(C)(C)C)[C@H]1C. The first kappa shape index (κ1) is 20.1. The third kappa shape index (κ3) is 3.98. The highest BCUT2D eigenvalue weighted by Crippen LogP contribution is 2.43. The topological polar surface area (TPSA) is 65.4 Å². The lowest BCUT2D eigenvalue weighted by molar-refractivity contribution is -0.0370. The zero-order chi connectivity index (χ0) is 19.0. The van der Waals surface area contributed by atoms with Gasteiger partial charge in [-0.15, -0.1) is 0 Å². The average molecular weight is 368 g/mol. The molecule has 25 heavy (non-hydrogen) atoms. The van der Waals surface area contributed by atoms with E-state index in [-0.39, 0.29) is 28.9 Å². The summed E-state index contributed by atoms with van der Waals surface area (Å²) in [5.74, 6) is 0.779. The zero-order valence-electron chi connectivity index (χ0n) is 16.8. The molecule has 2 heterocycles. The number of hydrogen-bond donors (Lipinski definition) is 1. The van der Waals surface area contributed by atoms with Crippen molar-refractivity contribution in [2.75, 3.05) is 12.4 Å². The van der Waals surface area contributed by atoms with E-state index in [4.69, 9.17) is 9.16 Å². The van der Waals surface area contributed by atoms with Crippen molar-refractivity contribution in [1.82, 2.24) is 9.55 Å². The van der Waals surface area contributed by atoms with Crippen molar-refractivity contribution in [2.45, 2.75) is 77.6 Å². The number of nitrogens with zero attached hydrogens (tertiary/aromatic N) is 2. The van der Waals surface area contributed by atoms with Crippen LogP contribution in [-0.2, 0) is 9.16 Å². The summed E-state index contributed by atoms with van der Waals surface area (Å²) in [5, 5.41) is 2.99. The van der Waals surface area contributed by atoms with E-state index in [0.717, 1.165) is 6.42 Å². The van der Waals surface area contributed by atoms with E-state index in [1.165, 1.54) is 0 Å². The maximum absolute atomic E-state index is 12.5. The van der Waals surface area contributed by atoms with Gasteiger partial charge in [0.15, 0.2) is 14.5 Å². The van der Waals surface area contributed by atoms with Crippen LogP contribution in [0.4, 0.5) is 5.82 Å². The molecule has 0 saturated carbocycles. The molecule has 7 heteroatoms. The molecule has 0 radical (unpaired) electrons. The van der Waals surface area contributed by atoms with Crippen LogP contribution in [0.1, 0.15) is 47.3 Å². The Labute approximate surface area is 152 Å². The number of aromatic nitrogens is 2. The van der Waals surface area contributed by atoms with Crippen LogP contribution in [0.5, 0.6) is 0 Å². The number of nitrogens with one attached hydrogen (secondary N) is 1. The van der Waals surface area contributed by atoms with Crippen LogP contribution in [0.3, 0.4) is 0 Å². The van der Waals surface area contributed by atoms with E-state index in [9.17, 15) is 4.79 Å². The van der Waals surface area contributed by atoms with Gasteiger partial charge in [0.2, 0.25) is 0 Å². The Morgan fingerprint density at radius 2 is 2.04 bits per heavy atom. The lowest BCUT2D eigenvalue weighted by Gasteiger charge is -2.40. The summed E-state index contributed by atoms with van der Waals surface area (Å²) in [4.78, 5) is 16.5. The van der Waals surface area contributed by atoms with Crippen LogP contribution >= 0.6 is 0 Å². The molecule has 1 saturated heterocycles. The van der Waals surface area contributed by atoms with Crippen LogP contribution in [0, 0.1) is 5.92 Å². The normalized spacial score (nSPS) is 27.5. The average Bonchev–Trinajstić information content (AvgIpc) is 2.82. The highest BCUT2D eigenvalue weighted by Gasteiger charge is 2.48. The Hall–Kier alpha value is -1.18. The van der Waals surface area contributed by atoms with Crippen LogP contribution < -0.4 is 11.0 Å². The summed E-state index contributed by atoms with van der Waals surface area (Å²) >= 11 is 0. The maximum Gasteiger partial charge on any atom is 0.351 e. The van der Waals surface area contributed by atoms with Gasteiger partial charge in [-0.25, -0.2) is 4.79 Å². The molecular formula is C18H33N3O3Si. The molecule has 6 nitrogen and oxygen atoms in total. The molecule has 2 rings (SSSR count). The number of anilines is 1. The molecule has 1 aliphatic rings. The lowest BCUT2D eigenvalue weighted by Crippen LogP contribution is -2.47. The van der Waals surface area contributed by atoms with E-state index in [1.54, 1.807) is 23.9 Å². The number of hydrogen-bond acceptors (Lipinski definition) is 5. The molecule has 0 aliphatic carbocycles. The second-order valence-corrected chi connectivity index (χ2v) is 13.2. The summed E-state index contributed by atoms with van der Waals surface area (Å²) in [6, 6.07) is 1.79. The van der Waals surface area contributed by atoms with Crippen LogP contribution in [0.25, 0.3) is 0 Å². The first-order valence-corrected chi connectivity index (χ1v) is 12.0. The second-order valence-electron chi connectivity index (χ2n) is 8.43. The molecule has 1 unspecified atom stereocenters. The molecule has 1 N–H and O–H groups in total. The van der Waals surface area contributed by atoms with E-state index in [1.807, 2.05) is 0 Å². The Morgan fingerprint density at radius 3 is 2.52 bits per heavy atom. The van der Waals surface area contributed by atoms with E-state index < -0.39 is 14.5 Å². The molecule has 0 aromatic carbocycles. The van der Waals surface area contributed by atoms with E-state index >= 15 is 0 Å². The first-order valence-electron chi connectivity index (χ1n) is 9.12. The molecule has 1 aliphatic heterocycles. The van der Waals surface area contributed by atoms with Gasteiger partial charge in [-0.2, -0.15) is 4.98 Å². The van der Waals surface area contributed by atoms with E-state index in [0.29, 0.717) is 5.82 Å². The predicted molar refractivity (Wildman–Crippen MR) is 103 cm³/mol. The second kappa shape index (κ2) is 7.21. The Kier molecular flexibility index (Phi) is 5.80. The fourth-order valence-electron chi connectivity index (χ4n) is 2.97. The Morgan fingerprint density at radius 1 is 1.40 bits per heavy atom. The molecule has 1 aromatic rings. The smallest absolute Gasteiger partial charge is 0.351 e. The van der Waals surface area contributed by atoms with Crippen molar-refractivity contribution < 1.29 is 9.16 Å². The molecule has 0 bridgehead atoms. The fraction of sp³-hybridized carbons (Fsp3) is 0.778. The highest BCUT2D eigenvalue weighted by molar-refractivity contribution is 6.74. The zero-order valence-corrected chi connectivity index (χ0v) is 17.8. The molecule has 1 fully saturated rings. The quantitative estimate of drug-likeness (QED) is 0.805. The molecule has 142 valence electrons. The van der Waals surface area contributed by atoms with Crippen LogP contribution in [0.15, 0.2) is 17.1 Å². The molecule has 0 amide bonds. The van der Waals surface area contributed by atoms with Crippen molar-refractivity contribution in [3.8, 4) is 0 Å². The largest absolute Gasteiger partial charge is 0.409 e. The maximum atomic E-state index is 12.5. The third-order valence-corrected chi connectivity index (χ3v) is 10.2. The van der Waals surface area contributed by atoms with Crippen LogP contribution in [0.2, 0.25) is 18.1 Å². The van der Waals surface area contributed by atoms with Gasteiger partial charge in [0, 0.05) is 19.2 Å². The minimum absolute atomic E-state index is 0.0793. The monoisotopic (exact) mass is 367 g/mol. The van der Waals surface area contributed by atoms with Crippen LogP contribution in [-0.4, -0.2) is 37.1 Å². The summed E-state index contributed by atoms with van der Waals surface area (Å²) in [7, 11) is -0.245. The van der Waals surface area contributed by atoms with Crippen molar-refractivity contribution in [1.29, 1.82) is 0 Å². The number of ether oxygens (including phenoxy) is 1. The summed E-state index contributed by atoms with van der Waals surface area (Å²) in [6.07, 6.45) is 2.14. The van der Waals surface area contributed by atoms with E-state index in [2.05, 4.69) is 58.0 Å². The van der Waals surface area contributed by atoms with Gasteiger partial charge >= 0.3 is 5.69 Å². The molecular weight excluding hydrogens is 334 g/mol. The summed E-state index contributed by atoms with van der Waals surface area (Å²) in [5.41, 5.74) is -0.315. The third-order valence-electron chi connectivity index (χ3n) is 5.70. The highest BCUT2D eigenvalue weighted by atomic mass is 28.4. The standard InChI is InChI=1S/C18H33N3O3Si/c1-9-13-12(2)15(24-25(7,8)18(3,4)5)16(23-13)21-11-10-14(19-6)20-17(21)22/h10-13,15-16H,9H2,1-8H3,(H,19,20,22)/t12-,13+,15?,16+/m0/s1. The minimum atomic E-state index is -1.99. The predicted octanol–water partition coefficient (Wildman–Crippen LogP) is 3.62. The lowest BCUT2D eigenvalue weighted by atomic mass is 9.99. The Bertz CT molecular complexity index is 654. The molecule has 0 spiro atoms. The van der Waals surface area contributed by atoms with Gasteiger partial charge in [-0.3, -0.25) is 4.57 Å². The van der Waals surface area contributed by atoms with Gasteiger partial charge in [0.25, 0.3) is 0 Å². The number of rotatable bonds is 5. The fourth-order valence-corrected chi connectivity index (χ4v) is 4.34. The molecule has 1 aromatic heterocycles. The van der Waals surface area contributed by atoms with Gasteiger partial charge in [0.1, 0.15) is 5.82 Å². The summed E-state index contributed by atoms with van der Waals surface area (Å²) < 4.78 is 14.5. The van der Waals surface area contributed by atoms with Gasteiger partial charge < -0.3 is 14.5 Å². The van der Waals surface area contributed by atoms with Gasteiger partial charge in [-0.05, 0) is 30.6 Å². The van der Waals surface area contributed by atoms with Crippen molar-refractivity contribution >= 4 is 14.1 Å². The molecule has 4 atom stereocenters. The van der Waals surface area contributed by atoms with Crippen molar-refractivity contribution in [3.63, 3.8) is 0 Å². The van der Waals surface area contributed by atoms with Gasteiger partial charge in [0.05, 0.1) is 12.2 Å². The van der Waals surface area contributed by atoms with Crippen molar-refractivity contribution in [3.05, 3.63) is 22.7 Å². The summed E-state index contributed by atoms with van der Waals surface area (Å²) in [6.45, 7) is 15.4. The Balaban J connectivity index is 2.39. The first-order chi connectivity index (χ1) is 11.5. The van der Waals surface area contributed by atoms with Crippen molar-refractivity contribution in [2.24, 2.45) is 5.92 Å². The van der Waals surface area contributed by atoms with Gasteiger partial charge in [-0.1, -0.05) is 34.6 Å².